The smallest absolute Gasteiger partial charge is 0.322 e. The van der Waals surface area contributed by atoms with Crippen molar-refractivity contribution in [3.05, 3.63) is 0 Å². The zero-order valence-corrected chi connectivity index (χ0v) is 13.7. The van der Waals surface area contributed by atoms with E-state index in [0.717, 1.165) is 11.9 Å². The van der Waals surface area contributed by atoms with E-state index in [4.69, 9.17) is 15.9 Å². The molecule has 0 aliphatic heterocycles. The highest BCUT2D eigenvalue weighted by Gasteiger charge is 2.22. The van der Waals surface area contributed by atoms with Gasteiger partial charge in [0.25, 0.3) is 0 Å². The van der Waals surface area contributed by atoms with Gasteiger partial charge in [-0.25, -0.2) is 0 Å². The van der Waals surface area contributed by atoms with Crippen LogP contribution in [0.1, 0.15) is 19.8 Å². The lowest BCUT2D eigenvalue weighted by Gasteiger charge is -2.18. The van der Waals surface area contributed by atoms with E-state index in [1.165, 1.54) is 6.92 Å². The Hall–Kier alpha value is -2.34. The van der Waals surface area contributed by atoms with Crippen molar-refractivity contribution in [2.24, 2.45) is 5.73 Å². The Morgan fingerprint density at radius 1 is 1.17 bits per heavy atom. The fourth-order valence-electron chi connectivity index (χ4n) is 1.37. The summed E-state index contributed by atoms with van der Waals surface area (Å²) in [4.78, 5) is 55.5. The molecule has 24 heavy (non-hydrogen) atoms. The number of nitrogens with one attached hydrogen (secondary N) is 3. The molecule has 0 unspecified atom stereocenters. The molecule has 136 valence electrons. The van der Waals surface area contributed by atoms with E-state index in [1.807, 2.05) is 0 Å². The molecule has 0 aromatic rings. The number of hydrogen-bond acceptors (Lipinski definition) is 7. The molecule has 0 radical (unpaired) electrons. The third-order valence-electron chi connectivity index (χ3n) is 2.53. The molecular formula is C12H20N4O7S. The molecule has 0 saturated carbocycles. The second kappa shape index (κ2) is 11.2. The van der Waals surface area contributed by atoms with Crippen molar-refractivity contribution in [2.45, 2.75) is 31.8 Å². The van der Waals surface area contributed by atoms with Crippen LogP contribution in [0.3, 0.4) is 0 Å². The van der Waals surface area contributed by atoms with E-state index in [9.17, 15) is 24.0 Å². The molecule has 0 rings (SSSR count). The van der Waals surface area contributed by atoms with Gasteiger partial charge in [0.15, 0.2) is 0 Å². The number of carboxylic acid groups (broad SMARTS) is 2. The fourth-order valence-corrected chi connectivity index (χ4v) is 2.06. The standard InChI is InChI=1S/C12H20N4O7S/c1-6(17)16-24-5-8(11(21)14-4-10(19)20)15-9(18)3-2-7(13)12(22)23/h7-8H,2-5,13H2,1H3,(H,14,21)(H,15,18)(H,16,17)(H,19,20)(H,22,23)/t7-,8-/m0/s1. The number of rotatable bonds is 11. The maximum atomic E-state index is 11.9. The van der Waals surface area contributed by atoms with E-state index in [0.29, 0.717) is 0 Å². The number of carbonyl (C=O) groups is 5. The van der Waals surface area contributed by atoms with Crippen molar-refractivity contribution in [1.82, 2.24) is 15.4 Å². The molecule has 0 spiro atoms. The number of aliphatic carboxylic acids is 2. The van der Waals surface area contributed by atoms with Gasteiger partial charge in [-0.15, -0.1) is 0 Å². The Kier molecular flexibility index (Phi) is 10.1. The molecule has 2 atom stereocenters. The van der Waals surface area contributed by atoms with Crippen LogP contribution in [0.4, 0.5) is 0 Å². The molecule has 0 aliphatic rings. The summed E-state index contributed by atoms with van der Waals surface area (Å²) in [6.07, 6.45) is -0.343. The van der Waals surface area contributed by atoms with Crippen LogP contribution in [-0.2, 0) is 24.0 Å². The van der Waals surface area contributed by atoms with Crippen LogP contribution in [0, 0.1) is 0 Å². The summed E-state index contributed by atoms with van der Waals surface area (Å²) in [5.74, 6) is -4.27. The first-order chi connectivity index (χ1) is 11.1. The van der Waals surface area contributed by atoms with E-state index in [2.05, 4.69) is 15.4 Å². The molecule has 11 nitrogen and oxygen atoms in total. The SMILES string of the molecule is CC(=O)NSC[C@H](NC(=O)CC[C@H](N)C(=O)O)C(=O)NCC(=O)O. The predicted octanol–water partition coefficient (Wildman–Crippen LogP) is -2.35. The summed E-state index contributed by atoms with van der Waals surface area (Å²) in [5.41, 5.74) is 5.27. The van der Waals surface area contributed by atoms with Gasteiger partial charge in [-0.3, -0.25) is 24.0 Å². The zero-order chi connectivity index (χ0) is 18.7. The Morgan fingerprint density at radius 2 is 1.79 bits per heavy atom. The highest BCUT2D eigenvalue weighted by atomic mass is 32.2. The van der Waals surface area contributed by atoms with Gasteiger partial charge < -0.3 is 31.3 Å². The number of nitrogens with two attached hydrogens (primary N) is 1. The van der Waals surface area contributed by atoms with E-state index in [1.54, 1.807) is 0 Å². The van der Waals surface area contributed by atoms with Gasteiger partial charge in [0.05, 0.1) is 0 Å². The molecule has 0 saturated heterocycles. The number of carboxylic acids is 2. The Balaban J connectivity index is 4.57. The van der Waals surface area contributed by atoms with Gasteiger partial charge in [0.2, 0.25) is 17.7 Å². The van der Waals surface area contributed by atoms with Crippen LogP contribution in [-0.4, -0.2) is 64.3 Å². The zero-order valence-electron chi connectivity index (χ0n) is 12.9. The second-order valence-corrected chi connectivity index (χ2v) is 5.51. The minimum atomic E-state index is -1.25. The molecule has 0 aromatic heterocycles. The van der Waals surface area contributed by atoms with Crippen LogP contribution in [0.5, 0.6) is 0 Å². The van der Waals surface area contributed by atoms with Gasteiger partial charge in [0.1, 0.15) is 18.6 Å². The van der Waals surface area contributed by atoms with Crippen molar-refractivity contribution >= 4 is 41.6 Å². The lowest BCUT2D eigenvalue weighted by atomic mass is 10.1. The molecule has 0 bridgehead atoms. The van der Waals surface area contributed by atoms with Gasteiger partial charge in [-0.1, -0.05) is 0 Å². The average molecular weight is 364 g/mol. The minimum absolute atomic E-state index is 0.0399. The predicted molar refractivity (Wildman–Crippen MR) is 83.7 cm³/mol. The maximum Gasteiger partial charge on any atom is 0.322 e. The summed E-state index contributed by atoms with van der Waals surface area (Å²) >= 11 is 0.862. The van der Waals surface area contributed by atoms with Crippen molar-refractivity contribution < 1.29 is 34.2 Å². The first kappa shape index (κ1) is 21.7. The monoisotopic (exact) mass is 364 g/mol. The third-order valence-corrected chi connectivity index (χ3v) is 3.46. The summed E-state index contributed by atoms with van der Waals surface area (Å²) < 4.78 is 2.37. The molecular weight excluding hydrogens is 344 g/mol. The van der Waals surface area contributed by atoms with Crippen LogP contribution < -0.4 is 21.1 Å². The van der Waals surface area contributed by atoms with Gasteiger partial charge in [0, 0.05) is 19.1 Å². The molecule has 0 aliphatic carbocycles. The van der Waals surface area contributed by atoms with Crippen molar-refractivity contribution in [2.75, 3.05) is 12.3 Å². The Labute approximate surface area is 141 Å². The highest BCUT2D eigenvalue weighted by Crippen LogP contribution is 2.01. The van der Waals surface area contributed by atoms with Gasteiger partial charge >= 0.3 is 11.9 Å². The summed E-state index contributed by atoms with van der Waals surface area (Å²) in [5, 5.41) is 21.6. The highest BCUT2D eigenvalue weighted by molar-refractivity contribution is 7.98. The number of carbonyl (C=O) groups excluding carboxylic acids is 3. The first-order valence-corrected chi connectivity index (χ1v) is 7.77. The quantitative estimate of drug-likeness (QED) is 0.218. The summed E-state index contributed by atoms with van der Waals surface area (Å²) in [6.45, 7) is 0.637. The van der Waals surface area contributed by atoms with E-state index >= 15 is 0 Å². The fraction of sp³-hybridized carbons (Fsp3) is 0.583. The topological polar surface area (TPSA) is 188 Å². The number of amides is 3. The largest absolute Gasteiger partial charge is 0.480 e. The van der Waals surface area contributed by atoms with Crippen molar-refractivity contribution in [3.8, 4) is 0 Å². The van der Waals surface area contributed by atoms with Gasteiger partial charge in [-0.05, 0) is 18.4 Å². The molecule has 7 N–H and O–H groups in total. The molecule has 12 heteroatoms. The van der Waals surface area contributed by atoms with Gasteiger partial charge in [-0.2, -0.15) is 0 Å². The van der Waals surface area contributed by atoms with Crippen molar-refractivity contribution in [1.29, 1.82) is 0 Å². The molecule has 3 amide bonds. The minimum Gasteiger partial charge on any atom is -0.480 e. The Morgan fingerprint density at radius 3 is 2.29 bits per heavy atom. The molecule has 0 fully saturated rings. The van der Waals surface area contributed by atoms with E-state index < -0.39 is 42.4 Å². The van der Waals surface area contributed by atoms with Crippen LogP contribution in [0.25, 0.3) is 0 Å². The lowest BCUT2D eigenvalue weighted by Crippen LogP contribution is -2.50. The Bertz CT molecular complexity index is 500. The first-order valence-electron chi connectivity index (χ1n) is 6.79. The van der Waals surface area contributed by atoms with E-state index in [-0.39, 0.29) is 24.5 Å². The average Bonchev–Trinajstić information content (AvgIpc) is 2.48. The van der Waals surface area contributed by atoms with Crippen molar-refractivity contribution in [3.63, 3.8) is 0 Å². The van der Waals surface area contributed by atoms with Crippen LogP contribution in [0.15, 0.2) is 0 Å². The second-order valence-electron chi connectivity index (χ2n) is 4.68. The summed E-state index contributed by atoms with van der Waals surface area (Å²) in [6, 6.07) is -2.31. The maximum absolute atomic E-state index is 11.9. The van der Waals surface area contributed by atoms with Crippen LogP contribution in [0.2, 0.25) is 0 Å². The lowest BCUT2D eigenvalue weighted by molar-refractivity contribution is -0.139. The normalized spacial score (nSPS) is 12.6. The molecule has 0 aromatic carbocycles. The van der Waals surface area contributed by atoms with Crippen LogP contribution >= 0.6 is 11.9 Å². The summed E-state index contributed by atoms with van der Waals surface area (Å²) in [7, 11) is 0. The third kappa shape index (κ3) is 10.4. The molecule has 0 heterocycles. The number of hydrogen-bond donors (Lipinski definition) is 6.